The topological polar surface area (TPSA) is 67.4 Å². The molecule has 4 rings (SSSR count). The van der Waals surface area contributed by atoms with E-state index in [0.29, 0.717) is 11.6 Å². The first-order chi connectivity index (χ1) is 15.6. The Hall–Kier alpha value is -3.12. The van der Waals surface area contributed by atoms with Crippen molar-refractivity contribution in [3.8, 4) is 5.75 Å². The molecule has 2 aromatic heterocycles. The van der Waals surface area contributed by atoms with E-state index in [9.17, 15) is 4.79 Å². The van der Waals surface area contributed by atoms with Crippen LogP contribution in [0.3, 0.4) is 0 Å². The van der Waals surface area contributed by atoms with E-state index >= 15 is 0 Å². The molecule has 1 atom stereocenters. The molecule has 3 aromatic rings. The number of benzene rings is 1. The van der Waals surface area contributed by atoms with Gasteiger partial charge in [0.2, 0.25) is 5.91 Å². The summed E-state index contributed by atoms with van der Waals surface area (Å²) in [6.45, 7) is 4.11. The zero-order valence-electron chi connectivity index (χ0n) is 18.1. The number of halogens is 1. The number of carbonyl (C=O) groups excluding carboxylic acids is 1. The van der Waals surface area contributed by atoms with Gasteiger partial charge in [0.1, 0.15) is 18.2 Å². The molecule has 1 fully saturated rings. The van der Waals surface area contributed by atoms with Crippen molar-refractivity contribution in [1.29, 1.82) is 0 Å². The van der Waals surface area contributed by atoms with E-state index in [-0.39, 0.29) is 17.9 Å². The number of nitrogens with one attached hydrogen (secondary N) is 1. The lowest BCUT2D eigenvalue weighted by Gasteiger charge is -2.32. The van der Waals surface area contributed by atoms with Gasteiger partial charge >= 0.3 is 0 Å². The Morgan fingerprint density at radius 3 is 2.59 bits per heavy atom. The molecule has 0 saturated carbocycles. The highest BCUT2D eigenvalue weighted by Gasteiger charge is 2.26. The molecular formula is C25H27ClN4O2. The largest absolute Gasteiger partial charge is 0.489 e. The molecule has 1 N–H and O–H groups in total. The maximum absolute atomic E-state index is 12.8. The Kier molecular flexibility index (Phi) is 7.22. The maximum atomic E-state index is 12.8. The third-order valence-electron chi connectivity index (χ3n) is 5.77. The number of anilines is 1. The SMILES string of the molecule is CC(NC(=O)C1CCN(c2ccc(Cl)cn2)CC1)c1ccc(OCc2cccnc2)cc1. The van der Waals surface area contributed by atoms with E-state index in [2.05, 4.69) is 20.2 Å². The minimum atomic E-state index is -0.0640. The lowest BCUT2D eigenvalue weighted by Crippen LogP contribution is -2.41. The first-order valence-corrected chi connectivity index (χ1v) is 11.2. The Morgan fingerprint density at radius 1 is 1.16 bits per heavy atom. The van der Waals surface area contributed by atoms with E-state index < -0.39 is 0 Å². The van der Waals surface area contributed by atoms with Gasteiger partial charge in [-0.15, -0.1) is 0 Å². The standard InChI is InChI=1S/C25H27ClN4O2/c1-18(20-4-7-23(8-5-20)32-17-19-3-2-12-27-15-19)29-25(31)21-10-13-30(14-11-21)24-9-6-22(26)16-28-24/h2-9,12,15-16,18,21H,10-11,13-14,17H2,1H3,(H,29,31). The predicted molar refractivity (Wildman–Crippen MR) is 126 cm³/mol. The molecule has 32 heavy (non-hydrogen) atoms. The van der Waals surface area contributed by atoms with Crippen LogP contribution in [-0.4, -0.2) is 29.0 Å². The van der Waals surface area contributed by atoms with Gasteiger partial charge in [-0.1, -0.05) is 29.8 Å². The van der Waals surface area contributed by atoms with E-state index in [4.69, 9.17) is 16.3 Å². The first-order valence-electron chi connectivity index (χ1n) is 10.9. The van der Waals surface area contributed by atoms with Crippen LogP contribution in [0.5, 0.6) is 5.75 Å². The summed E-state index contributed by atoms with van der Waals surface area (Å²) in [7, 11) is 0. The van der Waals surface area contributed by atoms with Gasteiger partial charge in [0.25, 0.3) is 0 Å². The predicted octanol–water partition coefficient (Wildman–Crippen LogP) is 4.80. The molecular weight excluding hydrogens is 424 g/mol. The second kappa shape index (κ2) is 10.5. The zero-order valence-corrected chi connectivity index (χ0v) is 18.8. The number of rotatable bonds is 7. The molecule has 0 spiro atoms. The van der Waals surface area contributed by atoms with Gasteiger partial charge in [0.05, 0.1) is 11.1 Å². The van der Waals surface area contributed by atoms with Gasteiger partial charge in [-0.05, 0) is 55.7 Å². The first kappa shape index (κ1) is 22.1. The number of ether oxygens (including phenoxy) is 1. The monoisotopic (exact) mass is 450 g/mol. The van der Waals surface area contributed by atoms with E-state index in [1.165, 1.54) is 0 Å². The highest BCUT2D eigenvalue weighted by molar-refractivity contribution is 6.30. The summed E-state index contributed by atoms with van der Waals surface area (Å²) in [5, 5.41) is 3.80. The number of nitrogens with zero attached hydrogens (tertiary/aromatic N) is 3. The van der Waals surface area contributed by atoms with Crippen molar-refractivity contribution in [2.45, 2.75) is 32.4 Å². The number of piperidine rings is 1. The molecule has 1 aromatic carbocycles. The maximum Gasteiger partial charge on any atom is 0.223 e. The van der Waals surface area contributed by atoms with Gasteiger partial charge in [0.15, 0.2) is 0 Å². The molecule has 1 aliphatic heterocycles. The van der Waals surface area contributed by atoms with Crippen LogP contribution in [0.1, 0.15) is 36.9 Å². The van der Waals surface area contributed by atoms with Crippen LogP contribution >= 0.6 is 11.6 Å². The van der Waals surface area contributed by atoms with Gasteiger partial charge in [-0.3, -0.25) is 9.78 Å². The van der Waals surface area contributed by atoms with E-state index in [1.54, 1.807) is 18.6 Å². The molecule has 1 aliphatic rings. The van der Waals surface area contributed by atoms with Gasteiger partial charge in [-0.2, -0.15) is 0 Å². The minimum absolute atomic E-state index is 0.0167. The van der Waals surface area contributed by atoms with Crippen molar-refractivity contribution in [1.82, 2.24) is 15.3 Å². The number of carbonyl (C=O) groups is 1. The second-order valence-corrected chi connectivity index (χ2v) is 8.48. The summed E-state index contributed by atoms with van der Waals surface area (Å²) in [6, 6.07) is 15.5. The van der Waals surface area contributed by atoms with Gasteiger partial charge < -0.3 is 15.0 Å². The summed E-state index contributed by atoms with van der Waals surface area (Å²) in [5.41, 5.74) is 2.07. The molecule has 166 valence electrons. The van der Waals surface area contributed by atoms with Crippen LogP contribution in [0.4, 0.5) is 5.82 Å². The molecule has 0 bridgehead atoms. The van der Waals surface area contributed by atoms with Crippen LogP contribution < -0.4 is 15.0 Å². The summed E-state index contributed by atoms with van der Waals surface area (Å²) < 4.78 is 5.81. The van der Waals surface area contributed by atoms with Crippen LogP contribution in [-0.2, 0) is 11.4 Å². The molecule has 6 nitrogen and oxygen atoms in total. The van der Waals surface area contributed by atoms with Crippen molar-refractivity contribution in [2.24, 2.45) is 5.92 Å². The molecule has 7 heteroatoms. The normalized spacial score (nSPS) is 15.2. The highest BCUT2D eigenvalue weighted by Crippen LogP contribution is 2.24. The smallest absolute Gasteiger partial charge is 0.223 e. The van der Waals surface area contributed by atoms with Crippen LogP contribution in [0.25, 0.3) is 0 Å². The van der Waals surface area contributed by atoms with E-state index in [0.717, 1.165) is 48.6 Å². The molecule has 0 radical (unpaired) electrons. The van der Waals surface area contributed by atoms with Crippen molar-refractivity contribution >= 4 is 23.3 Å². The number of hydrogen-bond donors (Lipinski definition) is 1. The third-order valence-corrected chi connectivity index (χ3v) is 5.99. The van der Waals surface area contributed by atoms with Crippen molar-refractivity contribution < 1.29 is 9.53 Å². The third kappa shape index (κ3) is 5.77. The fourth-order valence-corrected chi connectivity index (χ4v) is 3.96. The fraction of sp³-hybridized carbons (Fsp3) is 0.320. The van der Waals surface area contributed by atoms with Crippen LogP contribution in [0.15, 0.2) is 67.1 Å². The van der Waals surface area contributed by atoms with Gasteiger partial charge in [0, 0.05) is 43.2 Å². The molecule has 3 heterocycles. The molecule has 1 saturated heterocycles. The minimum Gasteiger partial charge on any atom is -0.489 e. The summed E-state index contributed by atoms with van der Waals surface area (Å²) >= 11 is 5.92. The molecule has 1 amide bonds. The highest BCUT2D eigenvalue weighted by atomic mass is 35.5. The number of pyridine rings is 2. The van der Waals surface area contributed by atoms with Gasteiger partial charge in [-0.25, -0.2) is 4.98 Å². The average Bonchev–Trinajstić information content (AvgIpc) is 2.84. The Labute approximate surface area is 193 Å². The Balaban J connectivity index is 1.25. The Morgan fingerprint density at radius 2 is 1.94 bits per heavy atom. The number of aromatic nitrogens is 2. The average molecular weight is 451 g/mol. The quantitative estimate of drug-likeness (QED) is 0.559. The number of hydrogen-bond acceptors (Lipinski definition) is 5. The van der Waals surface area contributed by atoms with Crippen molar-refractivity contribution in [3.63, 3.8) is 0 Å². The Bertz CT molecular complexity index is 1000. The van der Waals surface area contributed by atoms with Crippen LogP contribution in [0.2, 0.25) is 5.02 Å². The molecule has 0 aliphatic carbocycles. The summed E-state index contributed by atoms with van der Waals surface area (Å²) in [6.07, 6.45) is 6.82. The zero-order chi connectivity index (χ0) is 22.3. The van der Waals surface area contributed by atoms with Crippen molar-refractivity contribution in [3.05, 3.63) is 83.3 Å². The summed E-state index contributed by atoms with van der Waals surface area (Å²) in [4.78, 5) is 23.5. The summed E-state index contributed by atoms with van der Waals surface area (Å²) in [5.74, 6) is 1.83. The fourth-order valence-electron chi connectivity index (χ4n) is 3.84. The number of amides is 1. The lowest BCUT2D eigenvalue weighted by molar-refractivity contribution is -0.126. The van der Waals surface area contributed by atoms with E-state index in [1.807, 2.05) is 55.5 Å². The molecule has 1 unspecified atom stereocenters. The van der Waals surface area contributed by atoms with Crippen LogP contribution in [0, 0.1) is 5.92 Å². The lowest BCUT2D eigenvalue weighted by atomic mass is 9.95. The second-order valence-electron chi connectivity index (χ2n) is 8.05. The van der Waals surface area contributed by atoms with Crippen molar-refractivity contribution in [2.75, 3.05) is 18.0 Å².